The van der Waals surface area contributed by atoms with Gasteiger partial charge in [-0.05, 0) is 0 Å². The highest BCUT2D eigenvalue weighted by Crippen LogP contribution is 1.88. The summed E-state index contributed by atoms with van der Waals surface area (Å²) in [5.74, 6) is 0. The molecule has 0 aromatic carbocycles. The molecule has 0 aliphatic rings. The lowest BCUT2D eigenvalue weighted by molar-refractivity contribution is 0.160. The van der Waals surface area contributed by atoms with Gasteiger partial charge in [0.05, 0.1) is 6.61 Å². The van der Waals surface area contributed by atoms with E-state index in [9.17, 15) is 0 Å². The second kappa shape index (κ2) is 7.51. The van der Waals surface area contributed by atoms with Crippen molar-refractivity contribution >= 4 is 0 Å². The second-order valence-corrected chi connectivity index (χ2v) is 2.33. The quantitative estimate of drug-likeness (QED) is 0.514. The first-order chi connectivity index (χ1) is 5.35. The number of nitrogens with zero attached hydrogens (tertiary/aromatic N) is 1. The van der Waals surface area contributed by atoms with Crippen molar-refractivity contribution < 1.29 is 4.74 Å². The van der Waals surface area contributed by atoms with Crippen LogP contribution in [0.3, 0.4) is 0 Å². The minimum Gasteiger partial charge on any atom is -0.383 e. The fourth-order valence-electron chi connectivity index (χ4n) is 0.843. The Morgan fingerprint density at radius 3 is 2.18 bits per heavy atom. The zero-order valence-corrected chi connectivity index (χ0v) is 7.25. The smallest absolute Gasteiger partial charge is 0.0589 e. The third kappa shape index (κ3) is 5.83. The molecule has 0 aliphatic heterocycles. The van der Waals surface area contributed by atoms with E-state index in [1.54, 1.807) is 7.11 Å². The van der Waals surface area contributed by atoms with Crippen molar-refractivity contribution in [3.8, 4) is 0 Å². The third-order valence-corrected chi connectivity index (χ3v) is 1.39. The largest absolute Gasteiger partial charge is 0.383 e. The average Bonchev–Trinajstić information content (AvgIpc) is 2.01. The maximum absolute atomic E-state index is 4.95. The first kappa shape index (κ1) is 10.4. The summed E-state index contributed by atoms with van der Waals surface area (Å²) in [5, 5.41) is 0. The second-order valence-electron chi connectivity index (χ2n) is 2.33. The SMILES string of the molecule is C=CCN(CC=C)CCOC. The van der Waals surface area contributed by atoms with Crippen LogP contribution in [-0.4, -0.2) is 38.3 Å². The van der Waals surface area contributed by atoms with E-state index in [2.05, 4.69) is 18.1 Å². The number of hydrogen-bond donors (Lipinski definition) is 0. The third-order valence-electron chi connectivity index (χ3n) is 1.39. The van der Waals surface area contributed by atoms with Crippen molar-refractivity contribution in [1.29, 1.82) is 0 Å². The minimum atomic E-state index is 0.766. The summed E-state index contributed by atoms with van der Waals surface area (Å²) >= 11 is 0. The Hall–Kier alpha value is -0.600. The van der Waals surface area contributed by atoms with Crippen LogP contribution >= 0.6 is 0 Å². The Kier molecular flexibility index (Phi) is 7.10. The summed E-state index contributed by atoms with van der Waals surface area (Å²) in [7, 11) is 1.71. The van der Waals surface area contributed by atoms with E-state index < -0.39 is 0 Å². The molecule has 0 atom stereocenters. The van der Waals surface area contributed by atoms with Gasteiger partial charge in [0.2, 0.25) is 0 Å². The highest BCUT2D eigenvalue weighted by molar-refractivity contribution is 4.79. The van der Waals surface area contributed by atoms with Crippen LogP contribution in [0.15, 0.2) is 25.3 Å². The zero-order chi connectivity index (χ0) is 8.53. The van der Waals surface area contributed by atoms with Crippen molar-refractivity contribution in [3.63, 3.8) is 0 Å². The van der Waals surface area contributed by atoms with Gasteiger partial charge < -0.3 is 4.74 Å². The molecule has 0 aromatic heterocycles. The topological polar surface area (TPSA) is 12.5 Å². The van der Waals surface area contributed by atoms with Crippen LogP contribution in [0, 0.1) is 0 Å². The summed E-state index contributed by atoms with van der Waals surface area (Å²) in [6, 6.07) is 0. The molecule has 0 fully saturated rings. The molecule has 11 heavy (non-hydrogen) atoms. The molecular weight excluding hydrogens is 138 g/mol. The average molecular weight is 155 g/mol. The molecule has 0 rings (SSSR count). The van der Waals surface area contributed by atoms with Crippen LogP contribution in [0.25, 0.3) is 0 Å². The summed E-state index contributed by atoms with van der Waals surface area (Å²) in [6.07, 6.45) is 3.78. The van der Waals surface area contributed by atoms with Gasteiger partial charge in [0, 0.05) is 26.7 Å². The number of methoxy groups -OCH3 is 1. The van der Waals surface area contributed by atoms with Gasteiger partial charge in [-0.3, -0.25) is 4.90 Å². The number of ether oxygens (including phenoxy) is 1. The Balaban J connectivity index is 3.49. The molecule has 0 unspecified atom stereocenters. The fourth-order valence-corrected chi connectivity index (χ4v) is 0.843. The van der Waals surface area contributed by atoms with E-state index in [1.807, 2.05) is 12.2 Å². The Bertz CT molecular complexity index is 102. The molecule has 0 spiro atoms. The van der Waals surface area contributed by atoms with Crippen molar-refractivity contribution in [1.82, 2.24) is 4.90 Å². The lowest BCUT2D eigenvalue weighted by Gasteiger charge is -2.17. The molecule has 0 aromatic rings. The molecule has 2 heteroatoms. The maximum Gasteiger partial charge on any atom is 0.0589 e. The molecule has 0 saturated heterocycles. The highest BCUT2D eigenvalue weighted by atomic mass is 16.5. The molecule has 0 heterocycles. The first-order valence-corrected chi connectivity index (χ1v) is 3.78. The number of hydrogen-bond acceptors (Lipinski definition) is 2. The van der Waals surface area contributed by atoms with Crippen molar-refractivity contribution in [3.05, 3.63) is 25.3 Å². The van der Waals surface area contributed by atoms with E-state index in [1.165, 1.54) is 0 Å². The fraction of sp³-hybridized carbons (Fsp3) is 0.556. The van der Waals surface area contributed by atoms with Gasteiger partial charge >= 0.3 is 0 Å². The van der Waals surface area contributed by atoms with Gasteiger partial charge in [-0.2, -0.15) is 0 Å². The number of rotatable bonds is 7. The summed E-state index contributed by atoms with van der Waals surface area (Å²) < 4.78 is 4.95. The first-order valence-electron chi connectivity index (χ1n) is 3.78. The maximum atomic E-state index is 4.95. The van der Waals surface area contributed by atoms with Gasteiger partial charge in [0.1, 0.15) is 0 Å². The molecule has 2 nitrogen and oxygen atoms in total. The van der Waals surface area contributed by atoms with Gasteiger partial charge in [-0.1, -0.05) is 12.2 Å². The normalized spacial score (nSPS) is 10.0. The highest BCUT2D eigenvalue weighted by Gasteiger charge is 1.97. The van der Waals surface area contributed by atoms with Crippen LogP contribution in [0.2, 0.25) is 0 Å². The zero-order valence-electron chi connectivity index (χ0n) is 7.25. The summed E-state index contributed by atoms with van der Waals surface area (Å²) in [6.45, 7) is 10.8. The Morgan fingerprint density at radius 1 is 1.27 bits per heavy atom. The Morgan fingerprint density at radius 2 is 1.82 bits per heavy atom. The molecular formula is C9H17NO. The van der Waals surface area contributed by atoms with Crippen LogP contribution < -0.4 is 0 Å². The van der Waals surface area contributed by atoms with E-state index in [4.69, 9.17) is 4.74 Å². The van der Waals surface area contributed by atoms with Crippen molar-refractivity contribution in [2.75, 3.05) is 33.4 Å². The molecule has 0 N–H and O–H groups in total. The van der Waals surface area contributed by atoms with E-state index in [0.717, 1.165) is 26.2 Å². The minimum absolute atomic E-state index is 0.766. The van der Waals surface area contributed by atoms with Crippen LogP contribution in [0.5, 0.6) is 0 Å². The van der Waals surface area contributed by atoms with E-state index in [-0.39, 0.29) is 0 Å². The van der Waals surface area contributed by atoms with Gasteiger partial charge in [-0.15, -0.1) is 13.2 Å². The lowest BCUT2D eigenvalue weighted by Crippen LogP contribution is -2.27. The van der Waals surface area contributed by atoms with E-state index in [0.29, 0.717) is 0 Å². The molecule has 0 aliphatic carbocycles. The van der Waals surface area contributed by atoms with Crippen molar-refractivity contribution in [2.24, 2.45) is 0 Å². The predicted molar refractivity (Wildman–Crippen MR) is 48.7 cm³/mol. The lowest BCUT2D eigenvalue weighted by atomic mass is 10.4. The monoisotopic (exact) mass is 155 g/mol. The van der Waals surface area contributed by atoms with Crippen molar-refractivity contribution in [2.45, 2.75) is 0 Å². The van der Waals surface area contributed by atoms with Crippen LogP contribution in [-0.2, 0) is 4.74 Å². The van der Waals surface area contributed by atoms with Gasteiger partial charge in [0.25, 0.3) is 0 Å². The van der Waals surface area contributed by atoms with Crippen LogP contribution in [0.4, 0.5) is 0 Å². The summed E-state index contributed by atoms with van der Waals surface area (Å²) in [4.78, 5) is 2.21. The van der Waals surface area contributed by atoms with E-state index >= 15 is 0 Å². The molecule has 0 saturated carbocycles. The van der Waals surface area contributed by atoms with Gasteiger partial charge in [0.15, 0.2) is 0 Å². The molecule has 0 bridgehead atoms. The Labute approximate surface area is 69.2 Å². The van der Waals surface area contributed by atoms with Crippen LogP contribution in [0.1, 0.15) is 0 Å². The predicted octanol–water partition coefficient (Wildman–Crippen LogP) is 1.31. The standard InChI is InChI=1S/C9H17NO/c1-4-6-10(7-5-2)8-9-11-3/h4-5H,1-2,6-9H2,3H3. The molecule has 64 valence electrons. The molecule has 0 amide bonds. The van der Waals surface area contributed by atoms with Gasteiger partial charge in [-0.25, -0.2) is 0 Å². The molecule has 0 radical (unpaired) electrons. The summed E-state index contributed by atoms with van der Waals surface area (Å²) in [5.41, 5.74) is 0.